The summed E-state index contributed by atoms with van der Waals surface area (Å²) < 4.78 is 5.56. The highest BCUT2D eigenvalue weighted by atomic mass is 16.5. The van der Waals surface area contributed by atoms with Gasteiger partial charge in [0, 0.05) is 24.7 Å². The van der Waals surface area contributed by atoms with Crippen molar-refractivity contribution in [1.82, 2.24) is 10.2 Å². The van der Waals surface area contributed by atoms with Gasteiger partial charge in [0.05, 0.1) is 13.2 Å². The average Bonchev–Trinajstić information content (AvgIpc) is 2.35. The van der Waals surface area contributed by atoms with Crippen molar-refractivity contribution in [1.29, 1.82) is 0 Å². The lowest BCUT2D eigenvalue weighted by molar-refractivity contribution is -0.0337. The van der Waals surface area contributed by atoms with Gasteiger partial charge in [-0.3, -0.25) is 4.90 Å². The first kappa shape index (κ1) is 13.9. The molecule has 0 aliphatic carbocycles. The largest absolute Gasteiger partial charge is 0.378 e. The maximum Gasteiger partial charge on any atom is 0.0622 e. The minimum absolute atomic E-state index is 0.608. The van der Waals surface area contributed by atoms with Crippen LogP contribution in [0, 0.1) is 0 Å². The van der Waals surface area contributed by atoms with Crippen LogP contribution in [0.25, 0.3) is 0 Å². The van der Waals surface area contributed by atoms with Gasteiger partial charge in [-0.15, -0.1) is 0 Å². The lowest BCUT2D eigenvalue weighted by atomic mass is 10.0. The molecule has 3 nitrogen and oxygen atoms in total. The quantitative estimate of drug-likeness (QED) is 0.751. The van der Waals surface area contributed by atoms with Gasteiger partial charge in [0.15, 0.2) is 0 Å². The highest BCUT2D eigenvalue weighted by Crippen LogP contribution is 2.17. The van der Waals surface area contributed by atoms with E-state index in [4.69, 9.17) is 4.74 Å². The molecule has 0 amide bonds. The molecule has 16 heavy (non-hydrogen) atoms. The van der Waals surface area contributed by atoms with Crippen LogP contribution in [-0.4, -0.2) is 49.3 Å². The first-order valence-electron chi connectivity index (χ1n) is 6.81. The molecular weight excluding hydrogens is 200 g/mol. The Balaban J connectivity index is 2.57. The Kier molecular flexibility index (Phi) is 6.32. The zero-order valence-electron chi connectivity index (χ0n) is 11.3. The number of morpholine rings is 1. The van der Waals surface area contributed by atoms with E-state index < -0.39 is 0 Å². The zero-order chi connectivity index (χ0) is 12.0. The predicted molar refractivity (Wildman–Crippen MR) is 68.8 cm³/mol. The normalized spacial score (nSPS) is 26.6. The van der Waals surface area contributed by atoms with Gasteiger partial charge in [-0.25, -0.2) is 0 Å². The molecule has 1 rings (SSSR count). The number of rotatable bonds is 6. The Labute approximate surface area is 101 Å². The Hall–Kier alpha value is -0.120. The molecule has 1 aliphatic rings. The van der Waals surface area contributed by atoms with Gasteiger partial charge < -0.3 is 10.1 Å². The van der Waals surface area contributed by atoms with Gasteiger partial charge in [-0.2, -0.15) is 0 Å². The van der Waals surface area contributed by atoms with Crippen molar-refractivity contribution in [3.05, 3.63) is 0 Å². The van der Waals surface area contributed by atoms with Gasteiger partial charge >= 0.3 is 0 Å². The molecule has 3 heteroatoms. The Bertz CT molecular complexity index is 187. The Morgan fingerprint density at radius 2 is 2.12 bits per heavy atom. The number of nitrogens with zero attached hydrogens (tertiary/aromatic N) is 1. The molecule has 1 N–H and O–H groups in total. The predicted octanol–water partition coefficient (Wildman–Crippen LogP) is 1.87. The smallest absolute Gasteiger partial charge is 0.0622 e. The van der Waals surface area contributed by atoms with Gasteiger partial charge in [0.25, 0.3) is 0 Å². The molecule has 1 heterocycles. The minimum Gasteiger partial charge on any atom is -0.378 e. The Morgan fingerprint density at radius 3 is 2.69 bits per heavy atom. The summed E-state index contributed by atoms with van der Waals surface area (Å²) in [5.74, 6) is 0. The summed E-state index contributed by atoms with van der Waals surface area (Å²) in [5.41, 5.74) is 0. The van der Waals surface area contributed by atoms with Crippen LogP contribution in [0.2, 0.25) is 0 Å². The number of ether oxygens (including phenoxy) is 1. The average molecular weight is 228 g/mol. The zero-order valence-corrected chi connectivity index (χ0v) is 11.3. The second kappa shape index (κ2) is 7.25. The fourth-order valence-corrected chi connectivity index (χ4v) is 2.71. The summed E-state index contributed by atoms with van der Waals surface area (Å²) in [5, 5.41) is 3.59. The third kappa shape index (κ3) is 3.44. The van der Waals surface area contributed by atoms with E-state index in [-0.39, 0.29) is 0 Å². The molecule has 1 saturated heterocycles. The molecule has 0 radical (unpaired) electrons. The van der Waals surface area contributed by atoms with Crippen LogP contribution < -0.4 is 5.32 Å². The molecule has 0 spiro atoms. The first-order chi connectivity index (χ1) is 7.74. The van der Waals surface area contributed by atoms with Gasteiger partial charge in [0.2, 0.25) is 0 Å². The first-order valence-corrected chi connectivity index (χ1v) is 6.81. The van der Waals surface area contributed by atoms with E-state index in [2.05, 4.69) is 37.9 Å². The van der Waals surface area contributed by atoms with E-state index in [1.807, 2.05) is 0 Å². The second-order valence-corrected chi connectivity index (χ2v) is 4.69. The molecule has 0 aromatic carbocycles. The molecule has 0 aromatic rings. The van der Waals surface area contributed by atoms with Gasteiger partial charge in [-0.1, -0.05) is 20.8 Å². The molecule has 0 bridgehead atoms. The summed E-state index contributed by atoms with van der Waals surface area (Å²) in [6.07, 6.45) is 2.38. The topological polar surface area (TPSA) is 24.5 Å². The minimum atomic E-state index is 0.608. The Morgan fingerprint density at radius 1 is 1.38 bits per heavy atom. The van der Waals surface area contributed by atoms with Crippen molar-refractivity contribution < 1.29 is 4.74 Å². The maximum atomic E-state index is 5.56. The molecular formula is C13H28N2O. The number of hydrogen-bond donors (Lipinski definition) is 1. The third-order valence-corrected chi connectivity index (χ3v) is 3.76. The number of likely N-dealkylation sites (N-methyl/N-ethyl adjacent to an activating group) is 1. The van der Waals surface area contributed by atoms with Crippen LogP contribution in [-0.2, 0) is 4.74 Å². The summed E-state index contributed by atoms with van der Waals surface area (Å²) in [4.78, 5) is 2.63. The van der Waals surface area contributed by atoms with Crippen LogP contribution in [0.4, 0.5) is 0 Å². The standard InChI is InChI=1S/C13H28N2O/c1-5-12-10-16-9-8-15(12)11(4)13(6-2)14-7-3/h11-14H,5-10H2,1-4H3. The lowest BCUT2D eigenvalue weighted by Crippen LogP contribution is -2.56. The highest BCUT2D eigenvalue weighted by Gasteiger charge is 2.29. The molecule has 96 valence electrons. The molecule has 3 unspecified atom stereocenters. The van der Waals surface area contributed by atoms with Crippen molar-refractivity contribution in [2.45, 2.75) is 58.7 Å². The van der Waals surface area contributed by atoms with Crippen LogP contribution in [0.15, 0.2) is 0 Å². The number of nitrogens with one attached hydrogen (secondary N) is 1. The SMILES string of the molecule is CCNC(CC)C(C)N1CCOCC1CC. The van der Waals surface area contributed by atoms with E-state index in [0.717, 1.165) is 26.3 Å². The van der Waals surface area contributed by atoms with Crippen LogP contribution in [0.1, 0.15) is 40.5 Å². The van der Waals surface area contributed by atoms with Crippen molar-refractivity contribution in [3.63, 3.8) is 0 Å². The van der Waals surface area contributed by atoms with E-state index in [0.29, 0.717) is 18.1 Å². The monoisotopic (exact) mass is 228 g/mol. The molecule has 0 aromatic heterocycles. The number of hydrogen-bond acceptors (Lipinski definition) is 3. The van der Waals surface area contributed by atoms with E-state index in [1.165, 1.54) is 12.8 Å². The third-order valence-electron chi connectivity index (χ3n) is 3.76. The fraction of sp³-hybridized carbons (Fsp3) is 1.00. The summed E-state index contributed by atoms with van der Waals surface area (Å²) in [6.45, 7) is 13.0. The summed E-state index contributed by atoms with van der Waals surface area (Å²) in [6, 6.07) is 1.83. The van der Waals surface area contributed by atoms with Crippen LogP contribution >= 0.6 is 0 Å². The summed E-state index contributed by atoms with van der Waals surface area (Å²) in [7, 11) is 0. The summed E-state index contributed by atoms with van der Waals surface area (Å²) >= 11 is 0. The van der Waals surface area contributed by atoms with Crippen LogP contribution in [0.5, 0.6) is 0 Å². The van der Waals surface area contributed by atoms with Crippen molar-refractivity contribution in [2.24, 2.45) is 0 Å². The van der Waals surface area contributed by atoms with Crippen molar-refractivity contribution >= 4 is 0 Å². The van der Waals surface area contributed by atoms with E-state index in [1.54, 1.807) is 0 Å². The fourth-order valence-electron chi connectivity index (χ4n) is 2.71. The van der Waals surface area contributed by atoms with Crippen molar-refractivity contribution in [2.75, 3.05) is 26.3 Å². The second-order valence-electron chi connectivity index (χ2n) is 4.69. The lowest BCUT2D eigenvalue weighted by Gasteiger charge is -2.42. The van der Waals surface area contributed by atoms with Crippen LogP contribution in [0.3, 0.4) is 0 Å². The maximum absolute atomic E-state index is 5.56. The molecule has 1 aliphatic heterocycles. The highest BCUT2D eigenvalue weighted by molar-refractivity contribution is 4.85. The van der Waals surface area contributed by atoms with Gasteiger partial charge in [0.1, 0.15) is 0 Å². The molecule has 3 atom stereocenters. The van der Waals surface area contributed by atoms with E-state index in [9.17, 15) is 0 Å². The van der Waals surface area contributed by atoms with Crippen molar-refractivity contribution in [3.8, 4) is 0 Å². The van der Waals surface area contributed by atoms with Gasteiger partial charge in [-0.05, 0) is 26.3 Å². The van der Waals surface area contributed by atoms with E-state index >= 15 is 0 Å². The molecule has 1 fully saturated rings. The molecule has 0 saturated carbocycles.